The quantitative estimate of drug-likeness (QED) is 0.341. The fourth-order valence-corrected chi connectivity index (χ4v) is 4.69. The summed E-state index contributed by atoms with van der Waals surface area (Å²) in [5.74, 6) is -1.42. The Hall–Kier alpha value is -3.23. The van der Waals surface area contributed by atoms with Gasteiger partial charge in [0.1, 0.15) is 12.1 Å². The van der Waals surface area contributed by atoms with Crippen molar-refractivity contribution in [1.29, 1.82) is 0 Å². The molecule has 1 spiro atoms. The van der Waals surface area contributed by atoms with E-state index in [1.807, 2.05) is 0 Å². The number of ketones is 1. The van der Waals surface area contributed by atoms with Gasteiger partial charge in [0.25, 0.3) is 5.91 Å². The van der Waals surface area contributed by atoms with Crippen LogP contribution in [0.2, 0.25) is 0 Å². The molecule has 1 saturated carbocycles. The largest absolute Gasteiger partial charge is 0.456 e. The van der Waals surface area contributed by atoms with E-state index in [0.29, 0.717) is 30.0 Å². The van der Waals surface area contributed by atoms with Crippen molar-refractivity contribution in [1.82, 2.24) is 10.2 Å². The fourth-order valence-electron chi connectivity index (χ4n) is 4.69. The number of hydrogen-bond donors (Lipinski definition) is 2. The van der Waals surface area contributed by atoms with E-state index in [9.17, 15) is 24.0 Å². The van der Waals surface area contributed by atoms with Crippen molar-refractivity contribution in [2.75, 3.05) is 18.5 Å². The van der Waals surface area contributed by atoms with Crippen molar-refractivity contribution in [3.05, 3.63) is 29.8 Å². The predicted octanol–water partition coefficient (Wildman–Crippen LogP) is 3.29. The third kappa shape index (κ3) is 5.46. The molecule has 2 fully saturated rings. The van der Waals surface area contributed by atoms with Crippen LogP contribution in [0.25, 0.3) is 0 Å². The first-order chi connectivity index (χ1) is 16.0. The first-order valence-corrected chi connectivity index (χ1v) is 11.7. The van der Waals surface area contributed by atoms with Crippen LogP contribution >= 0.6 is 0 Å². The lowest BCUT2D eigenvalue weighted by Crippen LogP contribution is -2.51. The maximum atomic E-state index is 13.1. The smallest absolute Gasteiger partial charge is 0.326 e. The minimum atomic E-state index is -0.955. The van der Waals surface area contributed by atoms with Gasteiger partial charge < -0.3 is 15.4 Å². The topological polar surface area (TPSA) is 122 Å². The van der Waals surface area contributed by atoms with Crippen LogP contribution in [0.15, 0.2) is 24.3 Å². The van der Waals surface area contributed by atoms with Gasteiger partial charge in [0.05, 0.1) is 0 Å². The summed E-state index contributed by atoms with van der Waals surface area (Å²) in [5.41, 5.74) is 0.0694. The summed E-state index contributed by atoms with van der Waals surface area (Å²) in [6.45, 7) is 6.94. The van der Waals surface area contributed by atoms with Gasteiger partial charge in [-0.25, -0.2) is 4.79 Å². The Bertz CT molecular complexity index is 977. The van der Waals surface area contributed by atoms with Gasteiger partial charge in [-0.05, 0) is 61.3 Å². The Balaban J connectivity index is 1.52. The van der Waals surface area contributed by atoms with Crippen molar-refractivity contribution < 1.29 is 28.7 Å². The molecule has 1 saturated heterocycles. The van der Waals surface area contributed by atoms with E-state index in [1.165, 1.54) is 19.1 Å². The highest BCUT2D eigenvalue weighted by Gasteiger charge is 2.53. The Morgan fingerprint density at radius 3 is 2.32 bits per heavy atom. The molecule has 2 N–H and O–H groups in total. The zero-order chi connectivity index (χ0) is 25.1. The Labute approximate surface area is 199 Å². The molecule has 1 aliphatic carbocycles. The maximum absolute atomic E-state index is 13.1. The number of anilines is 1. The predicted molar refractivity (Wildman–Crippen MR) is 125 cm³/mol. The number of amides is 4. The minimum Gasteiger partial charge on any atom is -0.456 e. The summed E-state index contributed by atoms with van der Waals surface area (Å²) < 4.78 is 5.03. The third-order valence-corrected chi connectivity index (χ3v) is 7.28. The van der Waals surface area contributed by atoms with Crippen LogP contribution in [0.4, 0.5) is 10.5 Å². The van der Waals surface area contributed by atoms with Gasteiger partial charge in [0, 0.05) is 18.2 Å². The molecule has 4 amide bonds. The standard InChI is InChI=1S/C25H33N3O6/c1-5-24(3,4)18-10-12-25(13-11-18)22(32)28(23(33)27-25)14-21(31)34-15-20(30)17-6-8-19(9-7-17)26-16(2)29/h6-9,18H,5,10-15H2,1-4H3,(H,26,29)(H,27,33). The van der Waals surface area contributed by atoms with Gasteiger partial charge in [-0.1, -0.05) is 27.2 Å². The fraction of sp³-hybridized carbons (Fsp3) is 0.560. The molecule has 0 radical (unpaired) electrons. The Kier molecular flexibility index (Phi) is 7.43. The van der Waals surface area contributed by atoms with Crippen LogP contribution in [-0.2, 0) is 19.1 Å². The zero-order valence-corrected chi connectivity index (χ0v) is 20.2. The lowest BCUT2D eigenvalue weighted by molar-refractivity contribution is -0.147. The number of imide groups is 1. The van der Waals surface area contributed by atoms with Crippen molar-refractivity contribution in [3.8, 4) is 0 Å². The molecule has 0 bridgehead atoms. The van der Waals surface area contributed by atoms with Crippen LogP contribution in [-0.4, -0.2) is 53.2 Å². The van der Waals surface area contributed by atoms with Gasteiger partial charge >= 0.3 is 12.0 Å². The molecule has 9 nitrogen and oxygen atoms in total. The average Bonchev–Trinajstić information content (AvgIpc) is 3.01. The van der Waals surface area contributed by atoms with E-state index < -0.39 is 42.4 Å². The summed E-state index contributed by atoms with van der Waals surface area (Å²) in [4.78, 5) is 62.1. The van der Waals surface area contributed by atoms with Gasteiger partial charge in [-0.15, -0.1) is 0 Å². The van der Waals surface area contributed by atoms with Crippen molar-refractivity contribution in [3.63, 3.8) is 0 Å². The highest BCUT2D eigenvalue weighted by molar-refractivity contribution is 6.09. The van der Waals surface area contributed by atoms with E-state index in [-0.39, 0.29) is 11.3 Å². The lowest BCUT2D eigenvalue weighted by atomic mass is 9.65. The van der Waals surface area contributed by atoms with Gasteiger partial charge in [0.2, 0.25) is 5.91 Å². The Morgan fingerprint density at radius 1 is 1.15 bits per heavy atom. The number of carbonyl (C=O) groups is 5. The molecular weight excluding hydrogens is 438 g/mol. The summed E-state index contributed by atoms with van der Waals surface area (Å²) in [6.07, 6.45) is 3.80. The molecule has 0 atom stereocenters. The highest BCUT2D eigenvalue weighted by atomic mass is 16.5. The number of urea groups is 1. The SMILES string of the molecule is CCC(C)(C)C1CCC2(CC1)NC(=O)N(CC(=O)OCC(=O)c1ccc(NC(C)=O)cc1)C2=O. The number of ether oxygens (including phenoxy) is 1. The molecule has 1 aromatic rings. The summed E-state index contributed by atoms with van der Waals surface area (Å²) in [6, 6.07) is 5.56. The van der Waals surface area contributed by atoms with Crippen LogP contribution < -0.4 is 10.6 Å². The summed E-state index contributed by atoms with van der Waals surface area (Å²) in [7, 11) is 0. The second kappa shape index (κ2) is 9.95. The number of Topliss-reactive ketones (excluding diaryl/α,β-unsaturated/α-hetero) is 1. The molecule has 9 heteroatoms. The van der Waals surface area contributed by atoms with E-state index in [0.717, 1.165) is 24.2 Å². The number of rotatable bonds is 8. The van der Waals surface area contributed by atoms with Crippen LogP contribution in [0.1, 0.15) is 70.2 Å². The van der Waals surface area contributed by atoms with E-state index in [2.05, 4.69) is 31.4 Å². The number of nitrogens with one attached hydrogen (secondary N) is 2. The van der Waals surface area contributed by atoms with Gasteiger partial charge in [-0.2, -0.15) is 0 Å². The minimum absolute atomic E-state index is 0.174. The van der Waals surface area contributed by atoms with E-state index >= 15 is 0 Å². The van der Waals surface area contributed by atoms with E-state index in [1.54, 1.807) is 12.1 Å². The summed E-state index contributed by atoms with van der Waals surface area (Å²) in [5, 5.41) is 5.40. The molecule has 0 unspecified atom stereocenters. The molecule has 1 heterocycles. The van der Waals surface area contributed by atoms with Crippen molar-refractivity contribution >= 4 is 35.3 Å². The number of benzene rings is 1. The number of hydrogen-bond acceptors (Lipinski definition) is 6. The van der Waals surface area contributed by atoms with Crippen molar-refractivity contribution in [2.24, 2.45) is 11.3 Å². The summed E-state index contributed by atoms with van der Waals surface area (Å²) >= 11 is 0. The highest BCUT2D eigenvalue weighted by Crippen LogP contribution is 2.45. The molecule has 1 aliphatic heterocycles. The lowest BCUT2D eigenvalue weighted by Gasteiger charge is -2.42. The van der Waals surface area contributed by atoms with Crippen LogP contribution in [0.3, 0.4) is 0 Å². The third-order valence-electron chi connectivity index (χ3n) is 7.28. The van der Waals surface area contributed by atoms with Gasteiger partial charge in [0.15, 0.2) is 12.4 Å². The molecule has 2 aliphatic rings. The number of nitrogens with zero attached hydrogens (tertiary/aromatic N) is 1. The maximum Gasteiger partial charge on any atom is 0.326 e. The number of esters is 1. The molecular formula is C25H33N3O6. The van der Waals surface area contributed by atoms with E-state index in [4.69, 9.17) is 4.74 Å². The first kappa shape index (κ1) is 25.4. The molecule has 1 aromatic carbocycles. The molecule has 184 valence electrons. The second-order valence-electron chi connectivity index (χ2n) is 9.86. The van der Waals surface area contributed by atoms with Crippen LogP contribution in [0, 0.1) is 11.3 Å². The monoisotopic (exact) mass is 471 g/mol. The molecule has 0 aromatic heterocycles. The molecule has 34 heavy (non-hydrogen) atoms. The van der Waals surface area contributed by atoms with Crippen molar-refractivity contribution in [2.45, 2.75) is 65.3 Å². The molecule has 3 rings (SSSR count). The van der Waals surface area contributed by atoms with Crippen LogP contribution in [0.5, 0.6) is 0 Å². The normalized spacial score (nSPS) is 22.5. The zero-order valence-electron chi connectivity index (χ0n) is 20.2. The second-order valence-corrected chi connectivity index (χ2v) is 9.86. The first-order valence-electron chi connectivity index (χ1n) is 11.7. The number of carbonyl (C=O) groups excluding carboxylic acids is 5. The Morgan fingerprint density at radius 2 is 1.76 bits per heavy atom. The average molecular weight is 472 g/mol. The van der Waals surface area contributed by atoms with Gasteiger partial charge in [-0.3, -0.25) is 24.1 Å².